The number of rotatable bonds is 7. The quantitative estimate of drug-likeness (QED) is 0.160. The van der Waals surface area contributed by atoms with E-state index >= 15 is 0 Å². The van der Waals surface area contributed by atoms with Crippen LogP contribution in [-0.4, -0.2) is 7.11 Å². The highest BCUT2D eigenvalue weighted by atomic mass is 32.1. The summed E-state index contributed by atoms with van der Waals surface area (Å²) in [5.41, 5.74) is 16.0. The van der Waals surface area contributed by atoms with Gasteiger partial charge in [-0.2, -0.15) is 0 Å². The molecule has 0 unspecified atom stereocenters. The van der Waals surface area contributed by atoms with Crippen molar-refractivity contribution in [2.24, 2.45) is 0 Å². The maximum absolute atomic E-state index is 5.42. The predicted octanol–water partition coefficient (Wildman–Crippen LogP) is 16.0. The fourth-order valence-electron chi connectivity index (χ4n) is 9.36. The third-order valence-electron chi connectivity index (χ3n) is 12.4. The lowest BCUT2D eigenvalue weighted by atomic mass is 9.82. The lowest BCUT2D eigenvalue weighted by Gasteiger charge is -2.26. The summed E-state index contributed by atoms with van der Waals surface area (Å²) in [6.45, 7) is 4.69. The molecule has 3 heteroatoms. The molecule has 1 aromatic heterocycles. The van der Waals surface area contributed by atoms with Crippen LogP contribution in [0.3, 0.4) is 0 Å². The Morgan fingerprint density at radius 3 is 1.61 bits per heavy atom. The molecule has 282 valence electrons. The van der Waals surface area contributed by atoms with Crippen LogP contribution in [0.25, 0.3) is 75.5 Å². The summed E-state index contributed by atoms with van der Waals surface area (Å²) in [7, 11) is 1.70. The van der Waals surface area contributed by atoms with Gasteiger partial charge in [0, 0.05) is 42.6 Å². The van der Waals surface area contributed by atoms with Gasteiger partial charge < -0.3 is 9.64 Å². The zero-order valence-corrected chi connectivity index (χ0v) is 34.1. The Bertz CT molecular complexity index is 3190. The summed E-state index contributed by atoms with van der Waals surface area (Å²) in [6.07, 6.45) is 0. The van der Waals surface area contributed by atoms with Gasteiger partial charge in [-0.1, -0.05) is 159 Å². The number of benzene rings is 9. The Morgan fingerprint density at radius 2 is 0.915 bits per heavy atom. The molecular formula is C56H41NOS. The number of nitrogens with zero attached hydrogens (tertiary/aromatic N) is 1. The zero-order chi connectivity index (χ0) is 39.7. The maximum Gasteiger partial charge on any atom is 0.118 e. The van der Waals surface area contributed by atoms with Crippen molar-refractivity contribution >= 4 is 59.3 Å². The van der Waals surface area contributed by atoms with Gasteiger partial charge in [-0.25, -0.2) is 0 Å². The van der Waals surface area contributed by atoms with Crippen LogP contribution in [0.2, 0.25) is 0 Å². The van der Waals surface area contributed by atoms with E-state index in [9.17, 15) is 0 Å². The molecule has 59 heavy (non-hydrogen) atoms. The van der Waals surface area contributed by atoms with Gasteiger partial charge >= 0.3 is 0 Å². The normalized spacial score (nSPS) is 12.8. The van der Waals surface area contributed by atoms with Crippen LogP contribution in [0.1, 0.15) is 25.0 Å². The molecule has 0 N–H and O–H groups in total. The molecule has 0 bridgehead atoms. The van der Waals surface area contributed by atoms with Gasteiger partial charge in [0.15, 0.2) is 0 Å². The molecule has 10 aromatic rings. The van der Waals surface area contributed by atoms with E-state index in [-0.39, 0.29) is 5.41 Å². The first kappa shape index (κ1) is 35.2. The van der Waals surface area contributed by atoms with Gasteiger partial charge in [0.2, 0.25) is 0 Å². The molecule has 0 atom stereocenters. The second kappa shape index (κ2) is 13.9. The van der Waals surface area contributed by atoms with Crippen molar-refractivity contribution in [2.45, 2.75) is 19.3 Å². The van der Waals surface area contributed by atoms with Crippen LogP contribution in [0, 0.1) is 0 Å². The average Bonchev–Trinajstić information content (AvgIpc) is 3.80. The molecule has 11 rings (SSSR count). The minimum Gasteiger partial charge on any atom is -0.497 e. The van der Waals surface area contributed by atoms with Crippen molar-refractivity contribution in [2.75, 3.05) is 12.0 Å². The van der Waals surface area contributed by atoms with Gasteiger partial charge in [0.25, 0.3) is 0 Å². The van der Waals surface area contributed by atoms with Gasteiger partial charge in [-0.3, -0.25) is 0 Å². The highest BCUT2D eigenvalue weighted by Gasteiger charge is 2.36. The molecule has 0 fully saturated rings. The van der Waals surface area contributed by atoms with E-state index in [4.69, 9.17) is 4.74 Å². The fraction of sp³-hybridized carbons (Fsp3) is 0.0714. The largest absolute Gasteiger partial charge is 0.497 e. The standard InChI is InChI=1S/C56H41NOS/c1-56(2)51-16-7-6-12-50(51)53-45(13-9-17-52(53)56)39-20-29-42(30-21-39)57(41-27-18-36(19-28-41)37-24-33-44(58-3)34-25-37)43-31-22-40(23-32-43)47-14-8-15-48-49-35-26-38-10-4-5-11-46(38)55(49)59-54(47)48/h4-35H,1-3H3. The van der Waals surface area contributed by atoms with Crippen LogP contribution in [0.5, 0.6) is 5.75 Å². The average molecular weight is 776 g/mol. The Morgan fingerprint density at radius 1 is 0.407 bits per heavy atom. The van der Waals surface area contributed by atoms with E-state index in [0.29, 0.717) is 0 Å². The minimum atomic E-state index is -0.0420. The number of ether oxygens (including phenoxy) is 1. The molecule has 2 nitrogen and oxygen atoms in total. The Kier molecular flexibility index (Phi) is 8.28. The highest BCUT2D eigenvalue weighted by molar-refractivity contribution is 7.27. The van der Waals surface area contributed by atoms with Gasteiger partial charge in [0.1, 0.15) is 5.75 Å². The molecule has 0 aliphatic heterocycles. The fourth-order valence-corrected chi connectivity index (χ4v) is 10.7. The molecule has 0 saturated carbocycles. The summed E-state index contributed by atoms with van der Waals surface area (Å²) in [5.74, 6) is 0.855. The monoisotopic (exact) mass is 775 g/mol. The lowest BCUT2D eigenvalue weighted by molar-refractivity contribution is 0.415. The topological polar surface area (TPSA) is 12.5 Å². The summed E-state index contributed by atoms with van der Waals surface area (Å²) in [4.78, 5) is 2.37. The van der Waals surface area contributed by atoms with Gasteiger partial charge in [-0.05, 0) is 115 Å². The molecule has 1 heterocycles. The number of hydrogen-bond donors (Lipinski definition) is 0. The van der Waals surface area contributed by atoms with Crippen LogP contribution in [-0.2, 0) is 5.41 Å². The van der Waals surface area contributed by atoms with Crippen molar-refractivity contribution in [3.63, 3.8) is 0 Å². The summed E-state index contributed by atoms with van der Waals surface area (Å²) in [6, 6.07) is 71.1. The molecule has 0 saturated heterocycles. The summed E-state index contributed by atoms with van der Waals surface area (Å²) >= 11 is 1.90. The second-order valence-electron chi connectivity index (χ2n) is 16.1. The first-order chi connectivity index (χ1) is 29.0. The number of thiophene rings is 1. The Labute approximate surface area is 349 Å². The Hall–Kier alpha value is -6.94. The third kappa shape index (κ3) is 5.76. The zero-order valence-electron chi connectivity index (χ0n) is 33.2. The first-order valence-electron chi connectivity index (χ1n) is 20.3. The molecule has 1 aliphatic carbocycles. The number of hydrogen-bond acceptors (Lipinski definition) is 3. The van der Waals surface area contributed by atoms with Crippen LogP contribution < -0.4 is 9.64 Å². The molecule has 0 radical (unpaired) electrons. The van der Waals surface area contributed by atoms with Gasteiger partial charge in [0.05, 0.1) is 7.11 Å². The van der Waals surface area contributed by atoms with Crippen LogP contribution in [0.4, 0.5) is 17.1 Å². The van der Waals surface area contributed by atoms with E-state index in [1.165, 1.54) is 75.5 Å². The smallest absolute Gasteiger partial charge is 0.118 e. The van der Waals surface area contributed by atoms with E-state index in [1.807, 2.05) is 23.5 Å². The van der Waals surface area contributed by atoms with E-state index in [2.05, 4.69) is 201 Å². The predicted molar refractivity (Wildman–Crippen MR) is 252 cm³/mol. The Balaban J connectivity index is 0.996. The molecule has 9 aromatic carbocycles. The van der Waals surface area contributed by atoms with Gasteiger partial charge in [-0.15, -0.1) is 11.3 Å². The van der Waals surface area contributed by atoms with Crippen molar-refractivity contribution in [3.05, 3.63) is 205 Å². The molecule has 1 aliphatic rings. The van der Waals surface area contributed by atoms with Crippen molar-refractivity contribution in [1.29, 1.82) is 0 Å². The van der Waals surface area contributed by atoms with E-state index < -0.39 is 0 Å². The van der Waals surface area contributed by atoms with E-state index in [0.717, 1.165) is 33.9 Å². The second-order valence-corrected chi connectivity index (χ2v) is 17.1. The SMILES string of the molecule is COc1ccc(-c2ccc(N(c3ccc(-c4cccc5c4-c4ccccc4C5(C)C)cc3)c3ccc(-c4cccc5c4sc4c6ccccc6ccc54)cc3)cc2)cc1. The molecular weight excluding hydrogens is 735 g/mol. The third-order valence-corrected chi connectivity index (χ3v) is 13.7. The van der Waals surface area contributed by atoms with Crippen LogP contribution in [0.15, 0.2) is 194 Å². The first-order valence-corrected chi connectivity index (χ1v) is 21.1. The maximum atomic E-state index is 5.42. The summed E-state index contributed by atoms with van der Waals surface area (Å²) in [5, 5.41) is 5.23. The van der Waals surface area contributed by atoms with Crippen molar-refractivity contribution in [3.8, 4) is 50.3 Å². The summed E-state index contributed by atoms with van der Waals surface area (Å²) < 4.78 is 8.09. The van der Waals surface area contributed by atoms with Crippen molar-refractivity contribution < 1.29 is 4.74 Å². The number of fused-ring (bicyclic) bond motifs is 8. The number of methoxy groups -OCH3 is 1. The van der Waals surface area contributed by atoms with E-state index in [1.54, 1.807) is 7.11 Å². The minimum absolute atomic E-state index is 0.0420. The number of anilines is 3. The van der Waals surface area contributed by atoms with Crippen LogP contribution >= 0.6 is 11.3 Å². The lowest BCUT2D eigenvalue weighted by Crippen LogP contribution is -2.14. The molecule has 0 amide bonds. The molecule has 0 spiro atoms. The van der Waals surface area contributed by atoms with Crippen molar-refractivity contribution in [1.82, 2.24) is 0 Å². The highest BCUT2D eigenvalue weighted by Crippen LogP contribution is 2.52.